The molecule has 2 aliphatic heterocycles. The van der Waals surface area contributed by atoms with E-state index in [2.05, 4.69) is 11.3 Å². The molecule has 0 radical (unpaired) electrons. The number of piperazine rings is 1. The fraction of sp³-hybridized carbons (Fsp3) is 0.474. The van der Waals surface area contributed by atoms with Gasteiger partial charge in [-0.2, -0.15) is 0 Å². The quantitative estimate of drug-likeness (QED) is 0.698. The number of nitrogens with zero attached hydrogens (tertiary/aromatic N) is 2. The van der Waals surface area contributed by atoms with Crippen LogP contribution in [0.2, 0.25) is 0 Å². The van der Waals surface area contributed by atoms with Crippen molar-refractivity contribution in [3.8, 4) is 0 Å². The molecule has 2 aliphatic rings. The summed E-state index contributed by atoms with van der Waals surface area (Å²) in [5.41, 5.74) is 0.418. The van der Waals surface area contributed by atoms with Crippen LogP contribution in [0.3, 0.4) is 0 Å². The van der Waals surface area contributed by atoms with Crippen molar-refractivity contribution < 1.29 is 22.7 Å². The molecule has 0 aromatic heterocycles. The summed E-state index contributed by atoms with van der Waals surface area (Å²) in [6.07, 6.45) is 2.78. The largest absolute Gasteiger partial charge is 0.368 e. The molecule has 9 heteroatoms. The lowest BCUT2D eigenvalue weighted by Crippen LogP contribution is -2.52. The summed E-state index contributed by atoms with van der Waals surface area (Å²) in [5, 5.41) is 0. The van der Waals surface area contributed by atoms with Gasteiger partial charge in [0.2, 0.25) is 10.0 Å². The average molecular weight is 407 g/mol. The summed E-state index contributed by atoms with van der Waals surface area (Å²) >= 11 is 0. The molecule has 152 valence electrons. The Morgan fingerprint density at radius 3 is 2.36 bits per heavy atom. The first-order valence-corrected chi connectivity index (χ1v) is 10.8. The molecule has 8 nitrogen and oxygen atoms in total. The fourth-order valence-corrected chi connectivity index (χ4v) is 4.32. The van der Waals surface area contributed by atoms with Gasteiger partial charge in [-0.25, -0.2) is 13.1 Å². The van der Waals surface area contributed by atoms with Crippen molar-refractivity contribution in [2.24, 2.45) is 0 Å². The molecule has 3 rings (SSSR count). The van der Waals surface area contributed by atoms with E-state index in [4.69, 9.17) is 4.74 Å². The second-order valence-electron chi connectivity index (χ2n) is 6.78. The maximum atomic E-state index is 12.7. The molecule has 0 saturated carbocycles. The summed E-state index contributed by atoms with van der Waals surface area (Å²) in [6.45, 7) is 6.08. The van der Waals surface area contributed by atoms with Crippen LogP contribution in [0.1, 0.15) is 23.2 Å². The third-order valence-corrected chi connectivity index (χ3v) is 6.35. The van der Waals surface area contributed by atoms with E-state index in [1.807, 2.05) is 0 Å². The molecule has 1 aromatic carbocycles. The number of amides is 2. The number of sulfonamides is 1. The molecule has 2 heterocycles. The number of carbonyl (C=O) groups excluding carboxylic acids is 2. The van der Waals surface area contributed by atoms with Gasteiger partial charge in [-0.1, -0.05) is 6.08 Å². The molecular weight excluding hydrogens is 382 g/mol. The number of rotatable bonds is 6. The number of nitrogens with one attached hydrogen (secondary N) is 1. The van der Waals surface area contributed by atoms with Crippen LogP contribution >= 0.6 is 0 Å². The van der Waals surface area contributed by atoms with Crippen molar-refractivity contribution in [3.05, 3.63) is 42.5 Å². The molecule has 1 aromatic rings. The Hall–Kier alpha value is -2.23. The number of benzene rings is 1. The van der Waals surface area contributed by atoms with Crippen LogP contribution in [-0.4, -0.2) is 75.5 Å². The van der Waals surface area contributed by atoms with E-state index in [0.717, 1.165) is 12.8 Å². The van der Waals surface area contributed by atoms with E-state index in [-0.39, 0.29) is 29.4 Å². The molecule has 0 spiro atoms. The van der Waals surface area contributed by atoms with E-state index in [1.165, 1.54) is 30.3 Å². The fourth-order valence-electron chi connectivity index (χ4n) is 3.32. The van der Waals surface area contributed by atoms with Crippen molar-refractivity contribution in [3.63, 3.8) is 0 Å². The van der Waals surface area contributed by atoms with Crippen LogP contribution in [0.25, 0.3) is 0 Å². The van der Waals surface area contributed by atoms with Crippen molar-refractivity contribution >= 4 is 21.8 Å². The minimum atomic E-state index is -3.62. The second kappa shape index (κ2) is 8.85. The normalized spacial score (nSPS) is 20.2. The van der Waals surface area contributed by atoms with Gasteiger partial charge >= 0.3 is 0 Å². The Balaban J connectivity index is 1.57. The molecule has 1 unspecified atom stereocenters. The monoisotopic (exact) mass is 407 g/mol. The highest BCUT2D eigenvalue weighted by Crippen LogP contribution is 2.17. The van der Waals surface area contributed by atoms with Gasteiger partial charge in [0.15, 0.2) is 0 Å². The average Bonchev–Trinajstić information content (AvgIpc) is 3.26. The zero-order valence-corrected chi connectivity index (χ0v) is 16.5. The summed E-state index contributed by atoms with van der Waals surface area (Å²) in [5.74, 6) is -0.168. The third kappa shape index (κ3) is 4.60. The number of ether oxygens (including phenoxy) is 1. The molecule has 2 amide bonds. The summed E-state index contributed by atoms with van der Waals surface area (Å²) in [7, 11) is -3.62. The van der Waals surface area contributed by atoms with Crippen LogP contribution in [0.4, 0.5) is 0 Å². The third-order valence-electron chi connectivity index (χ3n) is 4.91. The Morgan fingerprint density at radius 1 is 1.14 bits per heavy atom. The summed E-state index contributed by atoms with van der Waals surface area (Å²) in [6, 6.07) is 5.84. The lowest BCUT2D eigenvalue weighted by atomic mass is 10.1. The molecule has 1 atom stereocenters. The molecule has 1 N–H and O–H groups in total. The van der Waals surface area contributed by atoms with Crippen LogP contribution < -0.4 is 4.72 Å². The standard InChI is InChI=1S/C19H25N3O5S/c1-2-9-20-28(25,26)16-7-5-15(6-8-16)18(23)21-10-12-22(13-11-21)19(24)17-4-3-14-27-17/h2,5-8,17,20H,1,3-4,9-14H2. The zero-order chi connectivity index (χ0) is 20.1. The van der Waals surface area contributed by atoms with Crippen LogP contribution in [0.5, 0.6) is 0 Å². The Kier molecular flexibility index (Phi) is 6.48. The number of hydrogen-bond donors (Lipinski definition) is 1. The minimum Gasteiger partial charge on any atom is -0.368 e. The van der Waals surface area contributed by atoms with Gasteiger partial charge in [-0.15, -0.1) is 6.58 Å². The van der Waals surface area contributed by atoms with Crippen molar-refractivity contribution in [1.82, 2.24) is 14.5 Å². The number of carbonyl (C=O) groups is 2. The maximum Gasteiger partial charge on any atom is 0.253 e. The van der Waals surface area contributed by atoms with Crippen LogP contribution in [0.15, 0.2) is 41.8 Å². The highest BCUT2D eigenvalue weighted by molar-refractivity contribution is 7.89. The van der Waals surface area contributed by atoms with Crippen molar-refractivity contribution in [1.29, 1.82) is 0 Å². The minimum absolute atomic E-state index is 0.00572. The van der Waals surface area contributed by atoms with Gasteiger partial charge in [0.25, 0.3) is 11.8 Å². The summed E-state index contributed by atoms with van der Waals surface area (Å²) in [4.78, 5) is 28.6. The van der Waals surface area contributed by atoms with Gasteiger partial charge in [-0.05, 0) is 37.1 Å². The molecular formula is C19H25N3O5S. The van der Waals surface area contributed by atoms with Crippen molar-refractivity contribution in [2.45, 2.75) is 23.8 Å². The van der Waals surface area contributed by atoms with E-state index in [0.29, 0.717) is 38.3 Å². The van der Waals surface area contributed by atoms with Gasteiger partial charge < -0.3 is 14.5 Å². The SMILES string of the molecule is C=CCNS(=O)(=O)c1ccc(C(=O)N2CCN(C(=O)C3CCCO3)CC2)cc1. The van der Waals surface area contributed by atoms with Gasteiger partial charge in [0.1, 0.15) is 6.10 Å². The first kappa shape index (κ1) is 20.5. The molecule has 2 saturated heterocycles. The van der Waals surface area contributed by atoms with E-state index in [9.17, 15) is 18.0 Å². The predicted octanol–water partition coefficient (Wildman–Crippen LogP) is 0.614. The number of hydrogen-bond acceptors (Lipinski definition) is 5. The highest BCUT2D eigenvalue weighted by Gasteiger charge is 2.31. The maximum absolute atomic E-state index is 12.7. The van der Waals surface area contributed by atoms with Gasteiger partial charge in [0.05, 0.1) is 4.90 Å². The molecule has 2 fully saturated rings. The lowest BCUT2D eigenvalue weighted by molar-refractivity contribution is -0.142. The Labute approximate surface area is 165 Å². The van der Waals surface area contributed by atoms with Crippen LogP contribution in [-0.2, 0) is 19.6 Å². The zero-order valence-electron chi connectivity index (χ0n) is 15.7. The van der Waals surface area contributed by atoms with Gasteiger partial charge in [0, 0.05) is 44.9 Å². The highest BCUT2D eigenvalue weighted by atomic mass is 32.2. The Morgan fingerprint density at radius 2 is 1.79 bits per heavy atom. The summed E-state index contributed by atoms with van der Waals surface area (Å²) < 4.78 is 32.0. The molecule has 28 heavy (non-hydrogen) atoms. The van der Waals surface area contributed by atoms with E-state index >= 15 is 0 Å². The topological polar surface area (TPSA) is 96.0 Å². The first-order chi connectivity index (χ1) is 13.4. The van der Waals surface area contributed by atoms with E-state index in [1.54, 1.807) is 9.80 Å². The van der Waals surface area contributed by atoms with Gasteiger partial charge in [-0.3, -0.25) is 9.59 Å². The first-order valence-electron chi connectivity index (χ1n) is 9.32. The predicted molar refractivity (Wildman–Crippen MR) is 103 cm³/mol. The van der Waals surface area contributed by atoms with Crippen LogP contribution in [0, 0.1) is 0 Å². The lowest BCUT2D eigenvalue weighted by Gasteiger charge is -2.35. The van der Waals surface area contributed by atoms with Crippen molar-refractivity contribution in [2.75, 3.05) is 39.3 Å². The molecule has 0 bridgehead atoms. The second-order valence-corrected chi connectivity index (χ2v) is 8.55. The molecule has 0 aliphatic carbocycles. The van der Waals surface area contributed by atoms with E-state index < -0.39 is 10.0 Å². The smallest absolute Gasteiger partial charge is 0.253 e. The Bertz CT molecular complexity index is 824.